The second-order valence-electron chi connectivity index (χ2n) is 6.91. The van der Waals surface area contributed by atoms with Gasteiger partial charge in [-0.3, -0.25) is 4.79 Å². The summed E-state index contributed by atoms with van der Waals surface area (Å²) in [6.07, 6.45) is 0. The third kappa shape index (κ3) is 4.03. The molecule has 0 spiro atoms. The second kappa shape index (κ2) is 8.09. The van der Waals surface area contributed by atoms with Gasteiger partial charge in [-0.1, -0.05) is 47.7 Å². The van der Waals surface area contributed by atoms with Gasteiger partial charge in [-0.2, -0.15) is 0 Å². The first-order valence-corrected chi connectivity index (χ1v) is 10.3. The van der Waals surface area contributed by atoms with Crippen LogP contribution in [0, 0.1) is 20.8 Å². The smallest absolute Gasteiger partial charge is 0.277 e. The highest BCUT2D eigenvalue weighted by molar-refractivity contribution is 7.99. The molecular formula is C23H21N3O2S. The van der Waals surface area contributed by atoms with Crippen molar-refractivity contribution in [3.05, 3.63) is 83.2 Å². The van der Waals surface area contributed by atoms with Crippen molar-refractivity contribution in [2.75, 3.05) is 5.75 Å². The molecule has 2 heterocycles. The van der Waals surface area contributed by atoms with E-state index in [-0.39, 0.29) is 11.5 Å². The van der Waals surface area contributed by atoms with E-state index in [0.29, 0.717) is 11.1 Å². The summed E-state index contributed by atoms with van der Waals surface area (Å²) in [5.41, 5.74) is 5.74. The number of aromatic nitrogens is 3. The van der Waals surface area contributed by atoms with Gasteiger partial charge >= 0.3 is 0 Å². The molecule has 4 aromatic rings. The summed E-state index contributed by atoms with van der Waals surface area (Å²) in [6.45, 7) is 6.00. The Hall–Kier alpha value is -3.12. The molecule has 2 aromatic heterocycles. The van der Waals surface area contributed by atoms with Gasteiger partial charge in [-0.15, -0.1) is 10.2 Å². The normalized spacial score (nSPS) is 11.0. The first-order chi connectivity index (χ1) is 14.0. The van der Waals surface area contributed by atoms with E-state index in [0.717, 1.165) is 33.8 Å². The SMILES string of the molecule is Cc1cccc(-c2nnc(SCC(=O)c3cc(C)n(-c4ccccc4)c3C)o2)c1. The fraction of sp³-hybridized carbons (Fsp3) is 0.174. The van der Waals surface area contributed by atoms with Gasteiger partial charge in [0.2, 0.25) is 5.89 Å². The Balaban J connectivity index is 1.49. The number of rotatable bonds is 6. The lowest BCUT2D eigenvalue weighted by molar-refractivity contribution is 0.102. The van der Waals surface area contributed by atoms with E-state index in [1.165, 1.54) is 11.8 Å². The predicted octanol–water partition coefficient (Wildman–Crippen LogP) is 5.43. The summed E-state index contributed by atoms with van der Waals surface area (Å²) >= 11 is 1.26. The van der Waals surface area contributed by atoms with Crippen LogP contribution in [0.4, 0.5) is 0 Å². The summed E-state index contributed by atoms with van der Waals surface area (Å²) in [5.74, 6) is 0.751. The summed E-state index contributed by atoms with van der Waals surface area (Å²) in [4.78, 5) is 12.8. The van der Waals surface area contributed by atoms with E-state index >= 15 is 0 Å². The molecule has 0 atom stereocenters. The maximum Gasteiger partial charge on any atom is 0.277 e. The Morgan fingerprint density at radius 1 is 1.00 bits per heavy atom. The number of Topliss-reactive ketones (excluding diaryl/α,β-unsaturated/α-hetero) is 1. The van der Waals surface area contributed by atoms with Crippen LogP contribution in [0.25, 0.3) is 17.1 Å². The van der Waals surface area contributed by atoms with Gasteiger partial charge in [0, 0.05) is 28.2 Å². The number of hydrogen-bond acceptors (Lipinski definition) is 5. The number of carbonyl (C=O) groups is 1. The second-order valence-corrected chi connectivity index (χ2v) is 7.84. The zero-order valence-corrected chi connectivity index (χ0v) is 17.4. The third-order valence-electron chi connectivity index (χ3n) is 4.74. The lowest BCUT2D eigenvalue weighted by Crippen LogP contribution is -2.05. The number of carbonyl (C=O) groups excluding carboxylic acids is 1. The quantitative estimate of drug-likeness (QED) is 0.317. The maximum absolute atomic E-state index is 12.8. The Labute approximate surface area is 173 Å². The molecule has 5 nitrogen and oxygen atoms in total. The molecular weight excluding hydrogens is 382 g/mol. The number of para-hydroxylation sites is 1. The van der Waals surface area contributed by atoms with Gasteiger partial charge < -0.3 is 8.98 Å². The number of aryl methyl sites for hydroxylation is 2. The van der Waals surface area contributed by atoms with Crippen molar-refractivity contribution in [3.63, 3.8) is 0 Å². The third-order valence-corrected chi connectivity index (χ3v) is 5.56. The summed E-state index contributed by atoms with van der Waals surface area (Å²) in [7, 11) is 0. The molecule has 0 saturated carbocycles. The maximum atomic E-state index is 12.8. The molecule has 146 valence electrons. The molecule has 0 N–H and O–H groups in total. The van der Waals surface area contributed by atoms with Crippen LogP contribution < -0.4 is 0 Å². The van der Waals surface area contributed by atoms with Gasteiger partial charge in [-0.25, -0.2) is 0 Å². The fourth-order valence-electron chi connectivity index (χ4n) is 3.39. The van der Waals surface area contributed by atoms with E-state index in [1.54, 1.807) is 0 Å². The molecule has 0 bridgehead atoms. The Kier molecular flexibility index (Phi) is 5.36. The van der Waals surface area contributed by atoms with Crippen LogP contribution in [0.1, 0.15) is 27.3 Å². The molecule has 0 unspecified atom stereocenters. The highest BCUT2D eigenvalue weighted by atomic mass is 32.2. The van der Waals surface area contributed by atoms with E-state index in [1.807, 2.05) is 81.4 Å². The molecule has 0 aliphatic heterocycles. The summed E-state index contributed by atoms with van der Waals surface area (Å²) in [5, 5.41) is 8.57. The Morgan fingerprint density at radius 3 is 2.55 bits per heavy atom. The minimum atomic E-state index is 0.0422. The first kappa shape index (κ1) is 19.2. The van der Waals surface area contributed by atoms with Crippen LogP contribution in [0.2, 0.25) is 0 Å². The minimum Gasteiger partial charge on any atom is -0.411 e. The number of thioether (sulfide) groups is 1. The molecule has 0 saturated heterocycles. The lowest BCUT2D eigenvalue weighted by Gasteiger charge is -2.09. The number of hydrogen-bond donors (Lipinski definition) is 0. The number of benzene rings is 2. The van der Waals surface area contributed by atoms with Crippen molar-refractivity contribution in [1.29, 1.82) is 0 Å². The molecule has 0 aliphatic rings. The average molecular weight is 404 g/mol. The number of ketones is 1. The van der Waals surface area contributed by atoms with Crippen LogP contribution >= 0.6 is 11.8 Å². The van der Waals surface area contributed by atoms with Crippen molar-refractivity contribution in [1.82, 2.24) is 14.8 Å². The Bertz CT molecular complexity index is 1160. The van der Waals surface area contributed by atoms with Gasteiger partial charge in [0.05, 0.1) is 5.75 Å². The van der Waals surface area contributed by atoms with E-state index in [9.17, 15) is 4.79 Å². The van der Waals surface area contributed by atoms with E-state index in [2.05, 4.69) is 14.8 Å². The van der Waals surface area contributed by atoms with E-state index in [4.69, 9.17) is 4.42 Å². The molecule has 6 heteroatoms. The zero-order valence-electron chi connectivity index (χ0n) is 16.5. The molecule has 0 aliphatic carbocycles. The van der Waals surface area contributed by atoms with Crippen LogP contribution in [-0.2, 0) is 0 Å². The van der Waals surface area contributed by atoms with Crippen LogP contribution in [-0.4, -0.2) is 26.3 Å². The highest BCUT2D eigenvalue weighted by Crippen LogP contribution is 2.26. The first-order valence-electron chi connectivity index (χ1n) is 9.34. The Morgan fingerprint density at radius 2 is 1.79 bits per heavy atom. The molecule has 2 aromatic carbocycles. The predicted molar refractivity (Wildman–Crippen MR) is 115 cm³/mol. The van der Waals surface area contributed by atoms with Crippen LogP contribution in [0.5, 0.6) is 0 Å². The minimum absolute atomic E-state index is 0.0422. The van der Waals surface area contributed by atoms with Gasteiger partial charge in [0.15, 0.2) is 5.78 Å². The molecule has 0 radical (unpaired) electrons. The van der Waals surface area contributed by atoms with Crippen molar-refractivity contribution in [3.8, 4) is 17.1 Å². The largest absolute Gasteiger partial charge is 0.411 e. The lowest BCUT2D eigenvalue weighted by atomic mass is 10.1. The van der Waals surface area contributed by atoms with Gasteiger partial charge in [-0.05, 0) is 51.1 Å². The highest BCUT2D eigenvalue weighted by Gasteiger charge is 2.18. The van der Waals surface area contributed by atoms with Crippen molar-refractivity contribution >= 4 is 17.5 Å². The molecule has 0 amide bonds. The van der Waals surface area contributed by atoms with Gasteiger partial charge in [0.1, 0.15) is 0 Å². The monoisotopic (exact) mass is 403 g/mol. The molecule has 0 fully saturated rings. The van der Waals surface area contributed by atoms with Crippen molar-refractivity contribution in [2.24, 2.45) is 0 Å². The summed E-state index contributed by atoms with van der Waals surface area (Å²) < 4.78 is 7.82. The van der Waals surface area contributed by atoms with Gasteiger partial charge in [0.25, 0.3) is 5.22 Å². The topological polar surface area (TPSA) is 60.9 Å². The fourth-order valence-corrected chi connectivity index (χ4v) is 4.03. The molecule has 4 rings (SSSR count). The zero-order chi connectivity index (χ0) is 20.4. The molecule has 29 heavy (non-hydrogen) atoms. The average Bonchev–Trinajstić information content (AvgIpc) is 3.31. The van der Waals surface area contributed by atoms with Crippen LogP contribution in [0.15, 0.2) is 70.3 Å². The number of nitrogens with zero attached hydrogens (tertiary/aromatic N) is 3. The van der Waals surface area contributed by atoms with E-state index < -0.39 is 0 Å². The standard InChI is InChI=1S/C23H21N3O2S/c1-15-8-7-9-18(12-15)22-24-25-23(28-22)29-14-21(27)20-13-16(2)26(17(20)3)19-10-5-4-6-11-19/h4-13H,14H2,1-3H3. The summed E-state index contributed by atoms with van der Waals surface area (Å²) in [6, 6.07) is 19.9. The van der Waals surface area contributed by atoms with Crippen molar-refractivity contribution in [2.45, 2.75) is 26.0 Å². The van der Waals surface area contributed by atoms with Crippen LogP contribution in [0.3, 0.4) is 0 Å². The van der Waals surface area contributed by atoms with Crippen molar-refractivity contribution < 1.29 is 9.21 Å².